The van der Waals surface area contributed by atoms with Gasteiger partial charge in [-0.25, -0.2) is 0 Å². The van der Waals surface area contributed by atoms with Gasteiger partial charge in [0.25, 0.3) is 0 Å². The van der Waals surface area contributed by atoms with Crippen LogP contribution in [0.5, 0.6) is 0 Å². The van der Waals surface area contributed by atoms with Crippen molar-refractivity contribution >= 4 is 6.29 Å². The first-order valence-electron chi connectivity index (χ1n) is 5.17. The summed E-state index contributed by atoms with van der Waals surface area (Å²) in [4.78, 5) is 10.5. The molecule has 0 aliphatic heterocycles. The lowest BCUT2D eigenvalue weighted by Crippen LogP contribution is -2.16. The fourth-order valence-corrected chi connectivity index (χ4v) is 2.23. The Hall–Kier alpha value is -0.330. The van der Waals surface area contributed by atoms with Crippen molar-refractivity contribution in [1.29, 1.82) is 0 Å². The Labute approximate surface area is 75.5 Å². The highest BCUT2D eigenvalue weighted by Crippen LogP contribution is 2.31. The third-order valence-electron chi connectivity index (χ3n) is 2.89. The number of aldehydes is 1. The quantitative estimate of drug-likeness (QED) is 0.592. The first kappa shape index (κ1) is 9.76. The fraction of sp³-hybridized carbons (Fsp3) is 0.909. The lowest BCUT2D eigenvalue weighted by molar-refractivity contribution is -0.112. The Morgan fingerprint density at radius 2 is 1.83 bits per heavy atom. The summed E-state index contributed by atoms with van der Waals surface area (Å²) in [5.41, 5.74) is 0. The minimum Gasteiger partial charge on any atom is -0.303 e. The lowest BCUT2D eigenvalue weighted by atomic mass is 9.79. The van der Waals surface area contributed by atoms with Gasteiger partial charge < -0.3 is 4.79 Å². The summed E-state index contributed by atoms with van der Waals surface area (Å²) in [7, 11) is 0. The molecule has 0 heterocycles. The third-order valence-corrected chi connectivity index (χ3v) is 2.89. The molecule has 0 aromatic carbocycles. The largest absolute Gasteiger partial charge is 0.303 e. The second-order valence-electron chi connectivity index (χ2n) is 4.55. The van der Waals surface area contributed by atoms with E-state index in [4.69, 9.17) is 0 Å². The van der Waals surface area contributed by atoms with Gasteiger partial charge in [-0.05, 0) is 43.9 Å². The maximum absolute atomic E-state index is 10.5. The van der Waals surface area contributed by atoms with Crippen molar-refractivity contribution in [2.75, 3.05) is 0 Å². The maximum atomic E-state index is 10.5. The molecule has 1 nitrogen and oxygen atoms in total. The number of hydrogen-bond donors (Lipinski definition) is 0. The van der Waals surface area contributed by atoms with Crippen molar-refractivity contribution < 1.29 is 4.79 Å². The molecule has 1 aliphatic rings. The number of hydrogen-bond acceptors (Lipinski definition) is 1. The molecule has 0 radical (unpaired) electrons. The molecule has 1 fully saturated rings. The zero-order valence-electron chi connectivity index (χ0n) is 8.25. The van der Waals surface area contributed by atoms with Crippen molar-refractivity contribution in [2.45, 2.75) is 46.0 Å². The van der Waals surface area contributed by atoms with Crippen LogP contribution in [0.1, 0.15) is 46.0 Å². The average molecular weight is 168 g/mol. The summed E-state index contributed by atoms with van der Waals surface area (Å²) in [5, 5.41) is 0. The van der Waals surface area contributed by atoms with Crippen LogP contribution in [0.25, 0.3) is 0 Å². The molecular weight excluding hydrogens is 148 g/mol. The van der Waals surface area contributed by atoms with Crippen LogP contribution in [0.15, 0.2) is 0 Å². The van der Waals surface area contributed by atoms with E-state index in [1.54, 1.807) is 0 Å². The lowest BCUT2D eigenvalue weighted by Gasteiger charge is -2.26. The molecule has 12 heavy (non-hydrogen) atoms. The van der Waals surface area contributed by atoms with Gasteiger partial charge in [-0.1, -0.05) is 13.8 Å². The molecule has 0 bridgehead atoms. The average Bonchev–Trinajstić information content (AvgIpc) is 2.05. The van der Waals surface area contributed by atoms with Crippen LogP contribution < -0.4 is 0 Å². The summed E-state index contributed by atoms with van der Waals surface area (Å²) in [6.45, 7) is 4.57. The zero-order valence-corrected chi connectivity index (χ0v) is 8.25. The molecule has 0 aromatic heterocycles. The van der Waals surface area contributed by atoms with Crippen LogP contribution in [0.3, 0.4) is 0 Å². The van der Waals surface area contributed by atoms with Crippen LogP contribution in [0.4, 0.5) is 0 Å². The van der Waals surface area contributed by atoms with Gasteiger partial charge >= 0.3 is 0 Å². The summed E-state index contributed by atoms with van der Waals surface area (Å²) in [5.74, 6) is 2.11. The minimum atomic E-state index is 0.383. The van der Waals surface area contributed by atoms with Crippen molar-refractivity contribution in [3.8, 4) is 0 Å². The fourth-order valence-electron chi connectivity index (χ4n) is 2.23. The Kier molecular flexibility index (Phi) is 3.77. The van der Waals surface area contributed by atoms with Crippen LogP contribution in [0.2, 0.25) is 0 Å². The van der Waals surface area contributed by atoms with E-state index in [1.165, 1.54) is 19.3 Å². The van der Waals surface area contributed by atoms with Crippen LogP contribution in [-0.4, -0.2) is 6.29 Å². The monoisotopic (exact) mass is 168 g/mol. The van der Waals surface area contributed by atoms with E-state index in [9.17, 15) is 4.79 Å². The number of carbonyl (C=O) groups excluding carboxylic acids is 1. The summed E-state index contributed by atoms with van der Waals surface area (Å²) < 4.78 is 0. The van der Waals surface area contributed by atoms with Crippen molar-refractivity contribution in [1.82, 2.24) is 0 Å². The van der Waals surface area contributed by atoms with Gasteiger partial charge in [-0.15, -0.1) is 0 Å². The van der Waals surface area contributed by atoms with Crippen LogP contribution >= 0.6 is 0 Å². The van der Waals surface area contributed by atoms with E-state index in [2.05, 4.69) is 13.8 Å². The second-order valence-corrected chi connectivity index (χ2v) is 4.55. The van der Waals surface area contributed by atoms with Gasteiger partial charge in [0.15, 0.2) is 0 Å². The molecule has 70 valence electrons. The summed E-state index contributed by atoms with van der Waals surface area (Å²) >= 11 is 0. The van der Waals surface area contributed by atoms with E-state index in [0.29, 0.717) is 5.92 Å². The molecule has 1 saturated carbocycles. The smallest absolute Gasteiger partial charge is 0.123 e. The molecule has 0 N–H and O–H groups in total. The maximum Gasteiger partial charge on any atom is 0.123 e. The molecule has 0 spiro atoms. The first-order valence-corrected chi connectivity index (χ1v) is 5.17. The minimum absolute atomic E-state index is 0.383. The SMILES string of the molecule is CC(C)CC1CCC(C=O)CC1. The Morgan fingerprint density at radius 1 is 1.25 bits per heavy atom. The van der Waals surface area contributed by atoms with Gasteiger partial charge in [0.05, 0.1) is 0 Å². The molecule has 0 atom stereocenters. The number of rotatable bonds is 3. The van der Waals surface area contributed by atoms with E-state index >= 15 is 0 Å². The van der Waals surface area contributed by atoms with E-state index in [0.717, 1.165) is 31.0 Å². The van der Waals surface area contributed by atoms with Gasteiger partial charge in [0.1, 0.15) is 6.29 Å². The van der Waals surface area contributed by atoms with Crippen LogP contribution in [-0.2, 0) is 4.79 Å². The Morgan fingerprint density at radius 3 is 2.25 bits per heavy atom. The van der Waals surface area contributed by atoms with E-state index < -0.39 is 0 Å². The highest BCUT2D eigenvalue weighted by Gasteiger charge is 2.20. The highest BCUT2D eigenvalue weighted by atomic mass is 16.1. The van der Waals surface area contributed by atoms with Gasteiger partial charge in [-0.2, -0.15) is 0 Å². The Balaban J connectivity index is 2.21. The summed E-state index contributed by atoms with van der Waals surface area (Å²) in [6, 6.07) is 0. The van der Waals surface area contributed by atoms with Gasteiger partial charge in [-0.3, -0.25) is 0 Å². The molecule has 1 heteroatoms. The van der Waals surface area contributed by atoms with Crippen molar-refractivity contribution in [3.05, 3.63) is 0 Å². The molecule has 0 aromatic rings. The topological polar surface area (TPSA) is 17.1 Å². The highest BCUT2D eigenvalue weighted by molar-refractivity contribution is 5.53. The van der Waals surface area contributed by atoms with Gasteiger partial charge in [0.2, 0.25) is 0 Å². The Bertz CT molecular complexity index is 132. The normalized spacial score (nSPS) is 30.6. The van der Waals surface area contributed by atoms with Crippen molar-refractivity contribution in [2.24, 2.45) is 17.8 Å². The third kappa shape index (κ3) is 2.96. The standard InChI is InChI=1S/C11H20O/c1-9(2)7-10-3-5-11(8-12)6-4-10/h8-11H,3-7H2,1-2H3. The molecule has 1 rings (SSSR count). The van der Waals surface area contributed by atoms with E-state index in [-0.39, 0.29) is 0 Å². The zero-order chi connectivity index (χ0) is 8.97. The molecule has 1 aliphatic carbocycles. The predicted molar refractivity (Wildman–Crippen MR) is 51.0 cm³/mol. The van der Waals surface area contributed by atoms with Crippen molar-refractivity contribution in [3.63, 3.8) is 0 Å². The molecule has 0 unspecified atom stereocenters. The second kappa shape index (κ2) is 4.64. The van der Waals surface area contributed by atoms with Gasteiger partial charge in [0, 0.05) is 5.92 Å². The molecule has 0 amide bonds. The predicted octanol–water partition coefficient (Wildman–Crippen LogP) is 3.04. The van der Waals surface area contributed by atoms with E-state index in [1.807, 2.05) is 0 Å². The van der Waals surface area contributed by atoms with Crippen LogP contribution in [0, 0.1) is 17.8 Å². The summed E-state index contributed by atoms with van der Waals surface area (Å²) in [6.07, 6.45) is 7.34. The molecule has 0 saturated heterocycles. The first-order chi connectivity index (χ1) is 5.72. The number of carbonyl (C=O) groups is 1. The molecular formula is C11H20O.